The molecule has 164 valence electrons. The first-order valence-electron chi connectivity index (χ1n) is 10.6. The molecule has 6 nitrogen and oxygen atoms in total. The molecule has 2 heterocycles. The molecule has 1 saturated heterocycles. The van der Waals surface area contributed by atoms with Crippen molar-refractivity contribution in [2.45, 2.75) is 25.8 Å². The summed E-state index contributed by atoms with van der Waals surface area (Å²) in [5, 5.41) is 9.10. The van der Waals surface area contributed by atoms with Crippen LogP contribution in [0.1, 0.15) is 23.3 Å². The van der Waals surface area contributed by atoms with Crippen molar-refractivity contribution in [3.05, 3.63) is 46.2 Å². The molecule has 3 rings (SSSR count). The van der Waals surface area contributed by atoms with Gasteiger partial charge in [-0.2, -0.15) is 0 Å². The van der Waals surface area contributed by atoms with E-state index < -0.39 is 0 Å². The molecule has 0 saturated carbocycles. The molecule has 0 spiro atoms. The third-order valence-corrected chi connectivity index (χ3v) is 6.36. The van der Waals surface area contributed by atoms with Crippen molar-refractivity contribution >= 4 is 17.3 Å². The first-order chi connectivity index (χ1) is 14.7. The number of nitrogens with zero attached hydrogens (tertiary/aromatic N) is 2. The zero-order valence-electron chi connectivity index (χ0n) is 18.3. The van der Waals surface area contributed by atoms with Crippen molar-refractivity contribution in [1.82, 2.24) is 15.5 Å². The average Bonchev–Trinajstić information content (AvgIpc) is 3.29. The highest BCUT2D eigenvalue weighted by molar-refractivity contribution is 7.09. The Labute approximate surface area is 184 Å². The van der Waals surface area contributed by atoms with Gasteiger partial charge >= 0.3 is 0 Å². The summed E-state index contributed by atoms with van der Waals surface area (Å²) in [5.41, 5.74) is 1.20. The minimum absolute atomic E-state index is 0.656. The molecule has 30 heavy (non-hydrogen) atoms. The minimum Gasteiger partial charge on any atom is -0.493 e. The van der Waals surface area contributed by atoms with E-state index in [1.165, 1.54) is 29.8 Å². The van der Waals surface area contributed by atoms with Crippen LogP contribution in [0.3, 0.4) is 0 Å². The summed E-state index contributed by atoms with van der Waals surface area (Å²) in [6.45, 7) is 5.19. The van der Waals surface area contributed by atoms with Crippen LogP contribution in [0.4, 0.5) is 0 Å². The lowest BCUT2D eigenvalue weighted by atomic mass is 9.98. The number of thiophene rings is 1. The normalized spacial score (nSPS) is 17.6. The van der Waals surface area contributed by atoms with Gasteiger partial charge in [0, 0.05) is 38.1 Å². The SMILES string of the molecule is CN=C(NCCc1ccc(OC)c(OC)c1)NCC1CCCN(Cc2cccs2)C1. The second kappa shape index (κ2) is 11.8. The predicted octanol–water partition coefficient (Wildman–Crippen LogP) is 3.39. The van der Waals surface area contributed by atoms with Crippen LogP contribution in [-0.2, 0) is 13.0 Å². The number of aliphatic imine (C=N–C) groups is 1. The second-order valence-electron chi connectivity index (χ2n) is 7.64. The lowest BCUT2D eigenvalue weighted by Crippen LogP contribution is -2.44. The number of hydrogen-bond acceptors (Lipinski definition) is 5. The molecule has 1 fully saturated rings. The largest absolute Gasteiger partial charge is 0.493 e. The Morgan fingerprint density at radius 2 is 2.07 bits per heavy atom. The highest BCUT2D eigenvalue weighted by Gasteiger charge is 2.20. The summed E-state index contributed by atoms with van der Waals surface area (Å²) in [6, 6.07) is 10.4. The number of guanidine groups is 1. The van der Waals surface area contributed by atoms with Gasteiger partial charge in [-0.1, -0.05) is 12.1 Å². The Balaban J connectivity index is 1.40. The van der Waals surface area contributed by atoms with E-state index in [1.807, 2.05) is 30.5 Å². The van der Waals surface area contributed by atoms with Gasteiger partial charge in [0.1, 0.15) is 0 Å². The zero-order valence-corrected chi connectivity index (χ0v) is 19.1. The smallest absolute Gasteiger partial charge is 0.190 e. The fourth-order valence-electron chi connectivity index (χ4n) is 3.91. The molecule has 1 aromatic heterocycles. The van der Waals surface area contributed by atoms with Crippen molar-refractivity contribution in [1.29, 1.82) is 0 Å². The summed E-state index contributed by atoms with van der Waals surface area (Å²) in [5.74, 6) is 3.04. The van der Waals surface area contributed by atoms with Gasteiger partial charge in [0.05, 0.1) is 14.2 Å². The molecule has 2 N–H and O–H groups in total. The highest BCUT2D eigenvalue weighted by atomic mass is 32.1. The van der Waals surface area contributed by atoms with Crippen molar-refractivity contribution in [3.8, 4) is 11.5 Å². The summed E-state index contributed by atoms with van der Waals surface area (Å²) < 4.78 is 10.7. The summed E-state index contributed by atoms with van der Waals surface area (Å²) in [7, 11) is 5.15. The quantitative estimate of drug-likeness (QED) is 0.472. The van der Waals surface area contributed by atoms with Crippen LogP contribution in [0.2, 0.25) is 0 Å². The molecular formula is C23H34N4O2S. The van der Waals surface area contributed by atoms with E-state index in [-0.39, 0.29) is 0 Å². The first-order valence-corrected chi connectivity index (χ1v) is 11.5. The molecule has 1 aromatic carbocycles. The molecule has 0 aliphatic carbocycles. The van der Waals surface area contributed by atoms with E-state index in [0.29, 0.717) is 5.92 Å². The van der Waals surface area contributed by atoms with Crippen molar-refractivity contribution in [2.75, 3.05) is 47.4 Å². The highest BCUT2D eigenvalue weighted by Crippen LogP contribution is 2.27. The third kappa shape index (κ3) is 6.64. The van der Waals surface area contributed by atoms with Gasteiger partial charge in [0.25, 0.3) is 0 Å². The Kier molecular flexibility index (Phi) is 8.83. The molecule has 0 radical (unpaired) electrons. The molecule has 7 heteroatoms. The van der Waals surface area contributed by atoms with Crippen molar-refractivity contribution in [3.63, 3.8) is 0 Å². The van der Waals surface area contributed by atoms with Gasteiger partial charge in [-0.25, -0.2) is 0 Å². The number of rotatable bonds is 9. The number of benzene rings is 1. The number of hydrogen-bond donors (Lipinski definition) is 2. The van der Waals surface area contributed by atoms with Crippen LogP contribution in [-0.4, -0.2) is 58.3 Å². The molecule has 2 aromatic rings. The van der Waals surface area contributed by atoms with E-state index in [4.69, 9.17) is 9.47 Å². The molecule has 1 atom stereocenters. The number of nitrogens with one attached hydrogen (secondary N) is 2. The molecular weight excluding hydrogens is 396 g/mol. The zero-order chi connectivity index (χ0) is 21.2. The van der Waals surface area contributed by atoms with Crippen LogP contribution in [0.25, 0.3) is 0 Å². The van der Waals surface area contributed by atoms with Crippen LogP contribution in [0.15, 0.2) is 40.7 Å². The summed E-state index contributed by atoms with van der Waals surface area (Å²) in [4.78, 5) is 8.42. The molecule has 1 aliphatic heterocycles. The first kappa shape index (κ1) is 22.4. The van der Waals surface area contributed by atoms with E-state index in [1.54, 1.807) is 14.2 Å². The standard InChI is InChI=1S/C23H34N4O2S/c1-24-23(25-11-10-18-8-9-21(28-2)22(14-18)29-3)26-15-19-6-4-12-27(16-19)17-20-7-5-13-30-20/h5,7-9,13-14,19H,4,6,10-12,15-17H2,1-3H3,(H2,24,25,26). The number of ether oxygens (including phenoxy) is 2. The van der Waals surface area contributed by atoms with Gasteiger partial charge in [-0.05, 0) is 60.9 Å². The maximum absolute atomic E-state index is 5.39. The summed E-state index contributed by atoms with van der Waals surface area (Å²) in [6.07, 6.45) is 3.43. The third-order valence-electron chi connectivity index (χ3n) is 5.50. The lowest BCUT2D eigenvalue weighted by molar-refractivity contribution is 0.169. The van der Waals surface area contributed by atoms with Crippen molar-refractivity contribution < 1.29 is 9.47 Å². The fraction of sp³-hybridized carbons (Fsp3) is 0.522. The van der Waals surface area contributed by atoms with Gasteiger partial charge in [0.2, 0.25) is 0 Å². The average molecular weight is 431 g/mol. The lowest BCUT2D eigenvalue weighted by Gasteiger charge is -2.32. The van der Waals surface area contributed by atoms with E-state index in [2.05, 4.69) is 44.1 Å². The van der Waals surface area contributed by atoms with Crippen LogP contribution < -0.4 is 20.1 Å². The number of likely N-dealkylation sites (tertiary alicyclic amines) is 1. The van der Waals surface area contributed by atoms with Crippen LogP contribution in [0, 0.1) is 5.92 Å². The Morgan fingerprint density at radius 1 is 1.20 bits per heavy atom. The van der Waals surface area contributed by atoms with Crippen LogP contribution >= 0.6 is 11.3 Å². The van der Waals surface area contributed by atoms with Gasteiger partial charge in [-0.15, -0.1) is 11.3 Å². The van der Waals surface area contributed by atoms with Crippen molar-refractivity contribution in [2.24, 2.45) is 10.9 Å². The Morgan fingerprint density at radius 3 is 2.80 bits per heavy atom. The van der Waals surface area contributed by atoms with Gasteiger partial charge in [0.15, 0.2) is 17.5 Å². The maximum Gasteiger partial charge on any atom is 0.190 e. The number of piperidine rings is 1. The summed E-state index contributed by atoms with van der Waals surface area (Å²) >= 11 is 1.85. The fourth-order valence-corrected chi connectivity index (χ4v) is 4.65. The van der Waals surface area contributed by atoms with Gasteiger partial charge < -0.3 is 20.1 Å². The monoisotopic (exact) mass is 430 g/mol. The molecule has 1 unspecified atom stereocenters. The van der Waals surface area contributed by atoms with Gasteiger partial charge in [-0.3, -0.25) is 9.89 Å². The molecule has 0 amide bonds. The topological polar surface area (TPSA) is 58.1 Å². The molecule has 0 bridgehead atoms. The Bertz CT molecular complexity index is 795. The van der Waals surface area contributed by atoms with E-state index in [9.17, 15) is 0 Å². The maximum atomic E-state index is 5.39. The predicted molar refractivity (Wildman–Crippen MR) is 125 cm³/mol. The number of methoxy groups -OCH3 is 2. The Hall–Kier alpha value is -2.25. The van der Waals surface area contributed by atoms with E-state index >= 15 is 0 Å². The molecule has 1 aliphatic rings. The van der Waals surface area contributed by atoms with Crippen LogP contribution in [0.5, 0.6) is 11.5 Å². The minimum atomic E-state index is 0.656. The second-order valence-corrected chi connectivity index (χ2v) is 8.67. The van der Waals surface area contributed by atoms with E-state index in [0.717, 1.165) is 50.1 Å².